The van der Waals surface area contributed by atoms with Crippen molar-refractivity contribution in [3.8, 4) is 0 Å². The van der Waals surface area contributed by atoms with E-state index >= 15 is 0 Å². The molecule has 1 heteroatoms. The summed E-state index contributed by atoms with van der Waals surface area (Å²) in [4.78, 5) is 0. The highest BCUT2D eigenvalue weighted by atomic mass is 14.9. The SMILES string of the molecule is [C]1CNC2C=CCC12. The van der Waals surface area contributed by atoms with Crippen molar-refractivity contribution >= 4 is 0 Å². The van der Waals surface area contributed by atoms with Gasteiger partial charge in [0, 0.05) is 19.0 Å². The van der Waals surface area contributed by atoms with Crippen LogP contribution in [-0.4, -0.2) is 12.6 Å². The average Bonchev–Trinajstić information content (AvgIpc) is 2.15. The van der Waals surface area contributed by atoms with Crippen LogP contribution in [0.3, 0.4) is 0 Å². The average molecular weight is 107 g/mol. The number of fused-ring (bicyclic) bond motifs is 1. The van der Waals surface area contributed by atoms with Crippen molar-refractivity contribution in [3.05, 3.63) is 18.6 Å². The fourth-order valence-corrected chi connectivity index (χ4v) is 1.38. The Bertz CT molecular complexity index is 118. The van der Waals surface area contributed by atoms with Gasteiger partial charge in [-0.05, 0) is 12.3 Å². The summed E-state index contributed by atoms with van der Waals surface area (Å²) >= 11 is 0. The van der Waals surface area contributed by atoms with Crippen LogP contribution in [0.5, 0.6) is 0 Å². The van der Waals surface area contributed by atoms with Gasteiger partial charge in [0.2, 0.25) is 0 Å². The molecule has 2 rings (SSSR count). The first-order valence-electron chi connectivity index (χ1n) is 3.10. The third-order valence-corrected chi connectivity index (χ3v) is 1.87. The van der Waals surface area contributed by atoms with Gasteiger partial charge >= 0.3 is 0 Å². The fourth-order valence-electron chi connectivity index (χ4n) is 1.38. The fraction of sp³-hybridized carbons (Fsp3) is 0.571. The molecule has 1 saturated heterocycles. The van der Waals surface area contributed by atoms with Gasteiger partial charge in [-0.1, -0.05) is 12.2 Å². The molecule has 1 aliphatic heterocycles. The largest absolute Gasteiger partial charge is 0.310 e. The van der Waals surface area contributed by atoms with Gasteiger partial charge in [-0.2, -0.15) is 0 Å². The highest BCUT2D eigenvalue weighted by Gasteiger charge is 2.27. The lowest BCUT2D eigenvalue weighted by Crippen LogP contribution is -2.20. The number of hydrogen-bond acceptors (Lipinski definition) is 1. The van der Waals surface area contributed by atoms with Crippen LogP contribution in [0.15, 0.2) is 12.2 Å². The predicted molar refractivity (Wildman–Crippen MR) is 32.3 cm³/mol. The molecule has 1 aliphatic carbocycles. The normalized spacial score (nSPS) is 43.0. The van der Waals surface area contributed by atoms with E-state index < -0.39 is 0 Å². The molecule has 42 valence electrons. The first-order valence-corrected chi connectivity index (χ1v) is 3.10. The maximum Gasteiger partial charge on any atom is 0.0287 e. The number of rotatable bonds is 0. The molecular formula is C7H9N. The monoisotopic (exact) mass is 107 g/mol. The third kappa shape index (κ3) is 0.511. The second-order valence-corrected chi connectivity index (χ2v) is 2.38. The van der Waals surface area contributed by atoms with E-state index in [9.17, 15) is 0 Å². The van der Waals surface area contributed by atoms with Gasteiger partial charge in [-0.3, -0.25) is 0 Å². The van der Waals surface area contributed by atoms with E-state index in [1.165, 1.54) is 6.42 Å². The first kappa shape index (κ1) is 4.57. The van der Waals surface area contributed by atoms with Crippen molar-refractivity contribution in [2.45, 2.75) is 12.5 Å². The van der Waals surface area contributed by atoms with Crippen molar-refractivity contribution in [3.63, 3.8) is 0 Å². The van der Waals surface area contributed by atoms with Gasteiger partial charge in [-0.15, -0.1) is 0 Å². The van der Waals surface area contributed by atoms with E-state index in [0.717, 1.165) is 6.54 Å². The van der Waals surface area contributed by atoms with Crippen molar-refractivity contribution in [1.82, 2.24) is 5.32 Å². The van der Waals surface area contributed by atoms with Crippen molar-refractivity contribution in [2.75, 3.05) is 6.54 Å². The lowest BCUT2D eigenvalue weighted by Gasteiger charge is -2.04. The Kier molecular flexibility index (Phi) is 0.908. The second kappa shape index (κ2) is 1.59. The molecule has 0 bridgehead atoms. The Morgan fingerprint density at radius 2 is 2.62 bits per heavy atom. The first-order chi connectivity index (χ1) is 3.97. The predicted octanol–water partition coefficient (Wildman–Crippen LogP) is 0.616. The summed E-state index contributed by atoms with van der Waals surface area (Å²) in [5.41, 5.74) is 0. The minimum absolute atomic E-state index is 0.634. The Labute approximate surface area is 49.8 Å². The zero-order valence-electron chi connectivity index (χ0n) is 4.72. The second-order valence-electron chi connectivity index (χ2n) is 2.38. The zero-order valence-corrected chi connectivity index (χ0v) is 4.72. The zero-order chi connectivity index (χ0) is 5.40. The van der Waals surface area contributed by atoms with E-state index in [0.29, 0.717) is 12.0 Å². The molecule has 1 nitrogen and oxygen atoms in total. The third-order valence-electron chi connectivity index (χ3n) is 1.87. The Morgan fingerprint density at radius 1 is 1.62 bits per heavy atom. The molecule has 8 heavy (non-hydrogen) atoms. The highest BCUT2D eigenvalue weighted by Crippen LogP contribution is 2.24. The molecule has 1 heterocycles. The quantitative estimate of drug-likeness (QED) is 0.447. The molecule has 0 aromatic rings. The van der Waals surface area contributed by atoms with Gasteiger partial charge in [0.15, 0.2) is 0 Å². The molecule has 2 unspecified atom stereocenters. The summed E-state index contributed by atoms with van der Waals surface area (Å²) in [6.07, 6.45) is 9.02. The van der Waals surface area contributed by atoms with Gasteiger partial charge in [0.25, 0.3) is 0 Å². The minimum atomic E-state index is 0.634. The van der Waals surface area contributed by atoms with E-state index in [4.69, 9.17) is 0 Å². The maximum atomic E-state index is 3.34. The summed E-state index contributed by atoms with van der Waals surface area (Å²) in [5, 5.41) is 3.32. The summed E-state index contributed by atoms with van der Waals surface area (Å²) in [7, 11) is 0. The smallest absolute Gasteiger partial charge is 0.0287 e. The van der Waals surface area contributed by atoms with Crippen molar-refractivity contribution in [1.29, 1.82) is 0 Å². The molecule has 0 aromatic heterocycles. The maximum absolute atomic E-state index is 3.34. The van der Waals surface area contributed by atoms with Crippen LogP contribution < -0.4 is 5.32 Å². The van der Waals surface area contributed by atoms with Crippen LogP contribution in [0.2, 0.25) is 0 Å². The van der Waals surface area contributed by atoms with Gasteiger partial charge in [-0.25, -0.2) is 0 Å². The van der Waals surface area contributed by atoms with Crippen molar-refractivity contribution < 1.29 is 0 Å². The minimum Gasteiger partial charge on any atom is -0.310 e. The van der Waals surface area contributed by atoms with E-state index in [-0.39, 0.29) is 0 Å². The molecule has 0 saturated carbocycles. The molecule has 0 spiro atoms. The Morgan fingerprint density at radius 3 is 3.50 bits per heavy atom. The van der Waals surface area contributed by atoms with Crippen LogP contribution >= 0.6 is 0 Å². The lowest BCUT2D eigenvalue weighted by molar-refractivity contribution is 0.596. The van der Waals surface area contributed by atoms with Crippen LogP contribution in [0.4, 0.5) is 0 Å². The molecule has 2 radical (unpaired) electrons. The molecular weight excluding hydrogens is 98.1 g/mol. The topological polar surface area (TPSA) is 12.0 Å². The van der Waals surface area contributed by atoms with Crippen LogP contribution in [-0.2, 0) is 0 Å². The summed E-state index contributed by atoms with van der Waals surface area (Å²) in [5.74, 6) is 0.704. The molecule has 2 atom stereocenters. The Balaban J connectivity index is 2.13. The van der Waals surface area contributed by atoms with Gasteiger partial charge < -0.3 is 5.32 Å². The number of hydrogen-bond donors (Lipinski definition) is 1. The number of allylic oxidation sites excluding steroid dienone is 1. The van der Waals surface area contributed by atoms with Gasteiger partial charge in [0.1, 0.15) is 0 Å². The van der Waals surface area contributed by atoms with Crippen molar-refractivity contribution in [2.24, 2.45) is 5.92 Å². The van der Waals surface area contributed by atoms with Gasteiger partial charge in [0.05, 0.1) is 0 Å². The van der Waals surface area contributed by atoms with E-state index in [1.807, 2.05) is 0 Å². The summed E-state index contributed by atoms with van der Waals surface area (Å²) in [6, 6.07) is 0.634. The molecule has 0 aromatic carbocycles. The molecule has 2 aliphatic rings. The van der Waals surface area contributed by atoms with Crippen LogP contribution in [0, 0.1) is 12.3 Å². The highest BCUT2D eigenvalue weighted by molar-refractivity contribution is 5.14. The Hall–Kier alpha value is -0.300. The standard InChI is InChI=1S/C7H9N/c1-2-6-4-5-8-7(6)3-1/h1,3,6-8H,2,5H2. The molecule has 0 amide bonds. The van der Waals surface area contributed by atoms with E-state index in [2.05, 4.69) is 23.9 Å². The molecule has 1 fully saturated rings. The van der Waals surface area contributed by atoms with E-state index in [1.54, 1.807) is 0 Å². The van der Waals surface area contributed by atoms with Crippen LogP contribution in [0.1, 0.15) is 6.42 Å². The number of nitrogens with one attached hydrogen (secondary N) is 1. The lowest BCUT2D eigenvalue weighted by atomic mass is 10.0. The summed E-state index contributed by atoms with van der Waals surface area (Å²) in [6.45, 7) is 0.986. The molecule has 1 N–H and O–H groups in total. The summed E-state index contributed by atoms with van der Waals surface area (Å²) < 4.78 is 0. The van der Waals surface area contributed by atoms with Crippen LogP contribution in [0.25, 0.3) is 0 Å².